The number of carbonyl (C=O) groups excluding carboxylic acids is 1. The van der Waals surface area contributed by atoms with Gasteiger partial charge < -0.3 is 15.4 Å². The Labute approximate surface area is 111 Å². The van der Waals surface area contributed by atoms with Crippen molar-refractivity contribution in [3.05, 3.63) is 0 Å². The molecule has 0 bridgehead atoms. The number of carbonyl (C=O) groups is 1. The van der Waals surface area contributed by atoms with Crippen molar-refractivity contribution >= 4 is 5.91 Å². The normalized spacial score (nSPS) is 23.4. The molecule has 1 rings (SSSR count). The number of hydrogen-bond acceptors (Lipinski definition) is 3. The largest absolute Gasteiger partial charge is 0.383 e. The second-order valence-electron chi connectivity index (χ2n) is 5.42. The topological polar surface area (TPSA) is 50.4 Å². The Kier molecular flexibility index (Phi) is 7.28. The van der Waals surface area contributed by atoms with Gasteiger partial charge >= 0.3 is 0 Å². The van der Waals surface area contributed by atoms with Crippen LogP contribution < -0.4 is 10.6 Å². The van der Waals surface area contributed by atoms with Gasteiger partial charge in [-0.3, -0.25) is 4.79 Å². The third kappa shape index (κ3) is 5.36. The molecule has 1 aliphatic rings. The van der Waals surface area contributed by atoms with Crippen molar-refractivity contribution in [2.24, 2.45) is 11.8 Å². The van der Waals surface area contributed by atoms with Crippen LogP contribution in [-0.4, -0.2) is 38.8 Å². The van der Waals surface area contributed by atoms with Gasteiger partial charge in [0.15, 0.2) is 0 Å². The zero-order valence-electron chi connectivity index (χ0n) is 12.0. The number of nitrogens with one attached hydrogen (secondary N) is 2. The predicted molar refractivity (Wildman–Crippen MR) is 73.5 cm³/mol. The second-order valence-corrected chi connectivity index (χ2v) is 5.42. The monoisotopic (exact) mass is 256 g/mol. The molecule has 1 heterocycles. The molecule has 0 spiro atoms. The predicted octanol–water partition coefficient (Wildman–Crippen LogP) is 1.55. The van der Waals surface area contributed by atoms with Crippen molar-refractivity contribution in [1.29, 1.82) is 0 Å². The number of rotatable bonds is 7. The number of amides is 1. The molecule has 1 amide bonds. The molecule has 4 heteroatoms. The maximum atomic E-state index is 12.0. The van der Waals surface area contributed by atoms with Gasteiger partial charge in [0.1, 0.15) is 0 Å². The Balaban J connectivity index is 2.29. The molecular weight excluding hydrogens is 228 g/mol. The maximum absolute atomic E-state index is 12.0. The number of ether oxygens (including phenoxy) is 1. The summed E-state index contributed by atoms with van der Waals surface area (Å²) in [6, 6.07) is 0.152. The SMILES string of the molecule is CCC(COC)NC(=O)CC(C)C1CCCNC1. The van der Waals surface area contributed by atoms with Crippen molar-refractivity contribution in [3.63, 3.8) is 0 Å². The van der Waals surface area contributed by atoms with Gasteiger partial charge in [-0.15, -0.1) is 0 Å². The molecule has 18 heavy (non-hydrogen) atoms. The summed E-state index contributed by atoms with van der Waals surface area (Å²) in [5.74, 6) is 1.27. The van der Waals surface area contributed by atoms with Crippen molar-refractivity contribution < 1.29 is 9.53 Å². The Morgan fingerprint density at radius 3 is 2.89 bits per heavy atom. The fourth-order valence-electron chi connectivity index (χ4n) is 2.57. The first kappa shape index (κ1) is 15.4. The molecule has 1 aliphatic heterocycles. The summed E-state index contributed by atoms with van der Waals surface area (Å²) in [6.07, 6.45) is 4.03. The maximum Gasteiger partial charge on any atom is 0.220 e. The molecule has 3 unspecified atom stereocenters. The summed E-state index contributed by atoms with van der Waals surface area (Å²) < 4.78 is 5.09. The first-order valence-electron chi connectivity index (χ1n) is 7.16. The van der Waals surface area contributed by atoms with E-state index in [1.807, 2.05) is 0 Å². The minimum absolute atomic E-state index is 0.152. The average molecular weight is 256 g/mol. The van der Waals surface area contributed by atoms with Crippen LogP contribution in [0.2, 0.25) is 0 Å². The van der Waals surface area contributed by atoms with Crippen LogP contribution in [0.1, 0.15) is 39.5 Å². The number of piperidine rings is 1. The molecule has 2 N–H and O–H groups in total. The molecule has 1 saturated heterocycles. The highest BCUT2D eigenvalue weighted by Gasteiger charge is 2.22. The van der Waals surface area contributed by atoms with Crippen molar-refractivity contribution in [1.82, 2.24) is 10.6 Å². The van der Waals surface area contributed by atoms with Crippen molar-refractivity contribution in [3.8, 4) is 0 Å². The Hall–Kier alpha value is -0.610. The lowest BCUT2D eigenvalue weighted by Gasteiger charge is -2.28. The van der Waals surface area contributed by atoms with E-state index in [2.05, 4.69) is 24.5 Å². The van der Waals surface area contributed by atoms with Crippen molar-refractivity contribution in [2.45, 2.75) is 45.6 Å². The summed E-state index contributed by atoms with van der Waals surface area (Å²) in [6.45, 7) is 7.04. The standard InChI is InChI=1S/C14H28N2O2/c1-4-13(10-18-3)16-14(17)8-11(2)12-6-5-7-15-9-12/h11-13,15H,4-10H2,1-3H3,(H,16,17). The van der Waals surface area contributed by atoms with Crippen LogP contribution >= 0.6 is 0 Å². The van der Waals surface area contributed by atoms with E-state index in [1.165, 1.54) is 12.8 Å². The van der Waals surface area contributed by atoms with Gasteiger partial charge in [0, 0.05) is 13.5 Å². The van der Waals surface area contributed by atoms with E-state index in [1.54, 1.807) is 7.11 Å². The zero-order chi connectivity index (χ0) is 13.4. The second kappa shape index (κ2) is 8.48. The molecule has 0 aromatic heterocycles. The highest BCUT2D eigenvalue weighted by atomic mass is 16.5. The van der Waals surface area contributed by atoms with Crippen LogP contribution in [0.5, 0.6) is 0 Å². The van der Waals surface area contributed by atoms with E-state index in [0.717, 1.165) is 19.5 Å². The van der Waals surface area contributed by atoms with Gasteiger partial charge in [-0.25, -0.2) is 0 Å². The van der Waals surface area contributed by atoms with E-state index in [9.17, 15) is 4.79 Å². The number of hydrogen-bond donors (Lipinski definition) is 2. The van der Waals surface area contributed by atoms with Gasteiger partial charge in [-0.2, -0.15) is 0 Å². The first-order valence-corrected chi connectivity index (χ1v) is 7.16. The molecule has 0 aliphatic carbocycles. The lowest BCUT2D eigenvalue weighted by atomic mass is 9.85. The summed E-state index contributed by atoms with van der Waals surface area (Å²) >= 11 is 0. The van der Waals surface area contributed by atoms with Gasteiger partial charge in [-0.1, -0.05) is 13.8 Å². The Morgan fingerprint density at radius 2 is 2.33 bits per heavy atom. The molecular formula is C14H28N2O2. The lowest BCUT2D eigenvalue weighted by molar-refractivity contribution is -0.123. The fraction of sp³-hybridized carbons (Fsp3) is 0.929. The van der Waals surface area contributed by atoms with Gasteiger partial charge in [0.05, 0.1) is 12.6 Å². The van der Waals surface area contributed by atoms with Crippen molar-refractivity contribution in [2.75, 3.05) is 26.8 Å². The minimum Gasteiger partial charge on any atom is -0.383 e. The molecule has 3 atom stereocenters. The summed E-state index contributed by atoms with van der Waals surface area (Å²) in [4.78, 5) is 12.0. The highest BCUT2D eigenvalue weighted by Crippen LogP contribution is 2.22. The molecule has 0 radical (unpaired) electrons. The quantitative estimate of drug-likeness (QED) is 0.726. The number of methoxy groups -OCH3 is 1. The van der Waals surface area contributed by atoms with Crippen LogP contribution in [-0.2, 0) is 9.53 Å². The Morgan fingerprint density at radius 1 is 1.56 bits per heavy atom. The van der Waals surface area contributed by atoms with Crippen LogP contribution in [0.15, 0.2) is 0 Å². The third-order valence-corrected chi connectivity index (χ3v) is 3.87. The van der Waals surface area contributed by atoms with Crippen LogP contribution in [0.4, 0.5) is 0 Å². The lowest BCUT2D eigenvalue weighted by Crippen LogP contribution is -2.40. The summed E-state index contributed by atoms with van der Waals surface area (Å²) in [7, 11) is 1.67. The highest BCUT2D eigenvalue weighted by molar-refractivity contribution is 5.76. The molecule has 4 nitrogen and oxygen atoms in total. The fourth-order valence-corrected chi connectivity index (χ4v) is 2.57. The Bertz CT molecular complexity index is 240. The summed E-state index contributed by atoms with van der Waals surface area (Å²) in [5, 5.41) is 6.46. The van der Waals surface area contributed by atoms with Gasteiger partial charge in [-0.05, 0) is 44.2 Å². The van der Waals surface area contributed by atoms with Gasteiger partial charge in [0.25, 0.3) is 0 Å². The smallest absolute Gasteiger partial charge is 0.220 e. The molecule has 1 fully saturated rings. The zero-order valence-corrected chi connectivity index (χ0v) is 12.0. The van der Waals surface area contributed by atoms with Gasteiger partial charge in [0.2, 0.25) is 5.91 Å². The third-order valence-electron chi connectivity index (χ3n) is 3.87. The molecule has 0 aromatic carbocycles. The average Bonchev–Trinajstić information content (AvgIpc) is 2.39. The van der Waals surface area contributed by atoms with E-state index in [-0.39, 0.29) is 11.9 Å². The first-order chi connectivity index (χ1) is 8.67. The molecule has 0 aromatic rings. The van der Waals surface area contributed by atoms with Crippen LogP contribution in [0.3, 0.4) is 0 Å². The van der Waals surface area contributed by atoms with E-state index >= 15 is 0 Å². The van der Waals surface area contributed by atoms with E-state index in [0.29, 0.717) is 24.9 Å². The van der Waals surface area contributed by atoms with Crippen LogP contribution in [0, 0.1) is 11.8 Å². The summed E-state index contributed by atoms with van der Waals surface area (Å²) in [5.41, 5.74) is 0. The van der Waals surface area contributed by atoms with Crippen LogP contribution in [0.25, 0.3) is 0 Å². The molecule has 0 saturated carbocycles. The molecule has 106 valence electrons. The minimum atomic E-state index is 0.152. The van der Waals surface area contributed by atoms with E-state index < -0.39 is 0 Å². The van der Waals surface area contributed by atoms with E-state index in [4.69, 9.17) is 4.74 Å².